The molecule has 5 heteroatoms. The Kier molecular flexibility index (Phi) is 4.70. The van der Waals surface area contributed by atoms with E-state index in [1.807, 2.05) is 11.9 Å². The van der Waals surface area contributed by atoms with Gasteiger partial charge in [0.2, 0.25) is 0 Å². The zero-order chi connectivity index (χ0) is 11.1. The molecule has 0 atom stereocenters. The summed E-state index contributed by atoms with van der Waals surface area (Å²) in [5.74, 6) is 0.472. The number of aromatic nitrogens is 2. The van der Waals surface area contributed by atoms with Crippen molar-refractivity contribution in [3.63, 3.8) is 0 Å². The van der Waals surface area contributed by atoms with Crippen molar-refractivity contribution in [2.24, 2.45) is 0 Å². The Morgan fingerprint density at radius 2 is 2.13 bits per heavy atom. The van der Waals surface area contributed by atoms with E-state index in [0.29, 0.717) is 19.0 Å². The molecule has 0 aliphatic rings. The second kappa shape index (κ2) is 6.08. The summed E-state index contributed by atoms with van der Waals surface area (Å²) < 4.78 is 4.83. The lowest BCUT2D eigenvalue weighted by Gasteiger charge is -2.13. The van der Waals surface area contributed by atoms with Crippen molar-refractivity contribution in [2.45, 2.75) is 13.5 Å². The number of carbonyl (C=O) groups excluding carboxylic acids is 1. The smallest absolute Gasteiger partial charge is 0.320 e. The van der Waals surface area contributed by atoms with Crippen molar-refractivity contribution < 1.29 is 9.53 Å². The first kappa shape index (κ1) is 11.6. The maximum Gasteiger partial charge on any atom is 0.320 e. The number of likely N-dealkylation sites (N-methyl/N-ethyl adjacent to an activating group) is 1. The quantitative estimate of drug-likeness (QED) is 0.660. The van der Waals surface area contributed by atoms with Crippen LogP contribution in [0.3, 0.4) is 0 Å². The minimum atomic E-state index is -0.226. The molecular formula is C10H15N3O2. The van der Waals surface area contributed by atoms with Gasteiger partial charge in [0.15, 0.2) is 0 Å². The summed E-state index contributed by atoms with van der Waals surface area (Å²) >= 11 is 0. The number of ether oxygens (including phenoxy) is 1. The van der Waals surface area contributed by atoms with Crippen LogP contribution in [0.2, 0.25) is 0 Å². The zero-order valence-electron chi connectivity index (χ0n) is 9.01. The van der Waals surface area contributed by atoms with Crippen molar-refractivity contribution >= 4 is 5.97 Å². The summed E-state index contributed by atoms with van der Waals surface area (Å²) in [6, 6.07) is 1.76. The third-order valence-corrected chi connectivity index (χ3v) is 1.73. The lowest BCUT2D eigenvalue weighted by atomic mass is 10.4. The first-order chi connectivity index (χ1) is 7.22. The Balaban J connectivity index is 2.36. The van der Waals surface area contributed by atoms with E-state index in [1.54, 1.807) is 25.4 Å². The van der Waals surface area contributed by atoms with Gasteiger partial charge in [0, 0.05) is 12.4 Å². The second-order valence-corrected chi connectivity index (χ2v) is 3.14. The number of esters is 1. The third-order valence-electron chi connectivity index (χ3n) is 1.73. The van der Waals surface area contributed by atoms with Crippen LogP contribution >= 0.6 is 0 Å². The highest BCUT2D eigenvalue weighted by Gasteiger charge is 2.08. The van der Waals surface area contributed by atoms with Crippen LogP contribution in [0.4, 0.5) is 0 Å². The highest BCUT2D eigenvalue weighted by atomic mass is 16.5. The molecule has 1 heterocycles. The molecular weight excluding hydrogens is 194 g/mol. The molecule has 5 nitrogen and oxygen atoms in total. The van der Waals surface area contributed by atoms with Crippen molar-refractivity contribution in [3.8, 4) is 0 Å². The van der Waals surface area contributed by atoms with Gasteiger partial charge in [-0.3, -0.25) is 9.69 Å². The molecule has 1 aromatic rings. The Morgan fingerprint density at radius 3 is 2.73 bits per heavy atom. The van der Waals surface area contributed by atoms with E-state index in [2.05, 4.69) is 9.97 Å². The highest BCUT2D eigenvalue weighted by Crippen LogP contribution is 1.95. The molecule has 1 rings (SSSR count). The predicted octanol–water partition coefficient (Wildman–Crippen LogP) is 0.471. The first-order valence-electron chi connectivity index (χ1n) is 4.82. The molecule has 0 radical (unpaired) electrons. The Bertz CT molecular complexity index is 303. The van der Waals surface area contributed by atoms with Crippen LogP contribution in [0.5, 0.6) is 0 Å². The molecule has 0 saturated heterocycles. The van der Waals surface area contributed by atoms with Crippen molar-refractivity contribution in [1.82, 2.24) is 14.9 Å². The maximum absolute atomic E-state index is 11.1. The van der Waals surface area contributed by atoms with Crippen LogP contribution in [0.1, 0.15) is 12.7 Å². The molecule has 0 aliphatic carbocycles. The highest BCUT2D eigenvalue weighted by molar-refractivity contribution is 5.71. The van der Waals surface area contributed by atoms with Crippen LogP contribution < -0.4 is 0 Å². The van der Waals surface area contributed by atoms with Gasteiger partial charge in [-0.15, -0.1) is 0 Å². The van der Waals surface area contributed by atoms with Gasteiger partial charge in [0.05, 0.1) is 19.7 Å². The summed E-state index contributed by atoms with van der Waals surface area (Å²) in [6.45, 7) is 3.00. The lowest BCUT2D eigenvalue weighted by molar-refractivity contribution is -0.144. The topological polar surface area (TPSA) is 55.3 Å². The van der Waals surface area contributed by atoms with Gasteiger partial charge in [0.1, 0.15) is 5.82 Å². The van der Waals surface area contributed by atoms with Gasteiger partial charge in [-0.25, -0.2) is 9.97 Å². The molecule has 82 valence electrons. The number of rotatable bonds is 5. The molecule has 0 unspecified atom stereocenters. The molecule has 0 N–H and O–H groups in total. The fourth-order valence-electron chi connectivity index (χ4n) is 1.14. The van der Waals surface area contributed by atoms with E-state index >= 15 is 0 Å². The molecule has 0 aliphatic heterocycles. The van der Waals surface area contributed by atoms with Crippen LogP contribution in [-0.4, -0.2) is 41.0 Å². The molecule has 0 aromatic carbocycles. The zero-order valence-corrected chi connectivity index (χ0v) is 9.01. The van der Waals surface area contributed by atoms with E-state index in [-0.39, 0.29) is 12.5 Å². The van der Waals surface area contributed by atoms with Gasteiger partial charge in [-0.1, -0.05) is 0 Å². The van der Waals surface area contributed by atoms with Crippen LogP contribution in [0.25, 0.3) is 0 Å². The van der Waals surface area contributed by atoms with Gasteiger partial charge in [-0.2, -0.15) is 0 Å². The van der Waals surface area contributed by atoms with Gasteiger partial charge < -0.3 is 4.74 Å². The standard InChI is InChI=1S/C10H15N3O2/c1-3-15-10(14)8-13(2)7-9-11-5-4-6-12-9/h4-6H,3,7-8H2,1-2H3. The Morgan fingerprint density at radius 1 is 1.47 bits per heavy atom. The molecule has 1 aromatic heterocycles. The average Bonchev–Trinajstić information content (AvgIpc) is 2.19. The summed E-state index contributed by atoms with van der Waals surface area (Å²) in [6.07, 6.45) is 3.36. The molecule has 0 fully saturated rings. The van der Waals surface area contributed by atoms with Crippen LogP contribution in [0.15, 0.2) is 18.5 Å². The first-order valence-corrected chi connectivity index (χ1v) is 4.82. The molecule has 15 heavy (non-hydrogen) atoms. The molecule has 0 saturated carbocycles. The summed E-state index contributed by atoms with van der Waals surface area (Å²) in [4.78, 5) is 21.1. The number of hydrogen-bond acceptors (Lipinski definition) is 5. The predicted molar refractivity (Wildman–Crippen MR) is 55.0 cm³/mol. The summed E-state index contributed by atoms with van der Waals surface area (Å²) in [5.41, 5.74) is 0. The summed E-state index contributed by atoms with van der Waals surface area (Å²) in [5, 5.41) is 0. The van der Waals surface area contributed by atoms with E-state index < -0.39 is 0 Å². The number of hydrogen-bond donors (Lipinski definition) is 0. The lowest BCUT2D eigenvalue weighted by Crippen LogP contribution is -2.27. The van der Waals surface area contributed by atoms with E-state index in [0.717, 1.165) is 0 Å². The number of carbonyl (C=O) groups is 1. The summed E-state index contributed by atoms with van der Waals surface area (Å²) in [7, 11) is 1.83. The second-order valence-electron chi connectivity index (χ2n) is 3.14. The van der Waals surface area contributed by atoms with E-state index in [4.69, 9.17) is 4.74 Å². The monoisotopic (exact) mass is 209 g/mol. The third kappa shape index (κ3) is 4.51. The Hall–Kier alpha value is -1.49. The average molecular weight is 209 g/mol. The molecule has 0 bridgehead atoms. The van der Waals surface area contributed by atoms with Crippen molar-refractivity contribution in [3.05, 3.63) is 24.3 Å². The van der Waals surface area contributed by atoms with Crippen molar-refractivity contribution in [2.75, 3.05) is 20.2 Å². The minimum Gasteiger partial charge on any atom is -0.465 e. The number of nitrogens with zero attached hydrogens (tertiary/aromatic N) is 3. The van der Waals surface area contributed by atoms with Crippen LogP contribution in [-0.2, 0) is 16.1 Å². The molecule has 0 spiro atoms. The fourth-order valence-corrected chi connectivity index (χ4v) is 1.14. The maximum atomic E-state index is 11.1. The van der Waals surface area contributed by atoms with Gasteiger partial charge in [-0.05, 0) is 20.0 Å². The minimum absolute atomic E-state index is 0.226. The Labute approximate surface area is 89.1 Å². The van der Waals surface area contributed by atoms with Gasteiger partial charge >= 0.3 is 5.97 Å². The normalized spacial score (nSPS) is 10.3. The largest absolute Gasteiger partial charge is 0.465 e. The SMILES string of the molecule is CCOC(=O)CN(C)Cc1ncccn1. The van der Waals surface area contributed by atoms with Crippen molar-refractivity contribution in [1.29, 1.82) is 0 Å². The van der Waals surface area contributed by atoms with Crippen LogP contribution in [0, 0.1) is 0 Å². The van der Waals surface area contributed by atoms with E-state index in [1.165, 1.54) is 0 Å². The van der Waals surface area contributed by atoms with Gasteiger partial charge in [0.25, 0.3) is 0 Å². The molecule has 0 amide bonds. The fraction of sp³-hybridized carbons (Fsp3) is 0.500. The van der Waals surface area contributed by atoms with E-state index in [9.17, 15) is 4.79 Å².